The van der Waals surface area contributed by atoms with Gasteiger partial charge in [-0.2, -0.15) is 0 Å². The molecule has 0 unspecified atom stereocenters. The molecule has 2 fully saturated rings. The topological polar surface area (TPSA) is 84.1 Å². The van der Waals surface area contributed by atoms with Crippen LogP contribution < -0.4 is 11.1 Å². The van der Waals surface area contributed by atoms with E-state index in [1.54, 1.807) is 12.1 Å². The Kier molecular flexibility index (Phi) is 5.10. The van der Waals surface area contributed by atoms with Gasteiger partial charge in [0.2, 0.25) is 0 Å². The van der Waals surface area contributed by atoms with Gasteiger partial charge in [0.25, 0.3) is 5.91 Å². The van der Waals surface area contributed by atoms with Crippen molar-refractivity contribution in [3.05, 3.63) is 17.8 Å². The number of rotatable bonds is 5. The number of anilines is 1. The van der Waals surface area contributed by atoms with Gasteiger partial charge in [-0.25, -0.2) is 0 Å². The maximum atomic E-state index is 11.1. The predicted molar refractivity (Wildman–Crippen MR) is 90.3 cm³/mol. The molecule has 2 aliphatic rings. The fraction of sp³-hybridized carbons (Fsp3) is 0.706. The highest BCUT2D eigenvalue weighted by molar-refractivity contribution is 5.90. The summed E-state index contributed by atoms with van der Waals surface area (Å²) in [5.41, 5.74) is 5.66. The molecule has 1 saturated heterocycles. The largest absolute Gasteiger partial charge is 0.367 e. The molecule has 0 aromatic carbocycles. The van der Waals surface area contributed by atoms with E-state index in [4.69, 9.17) is 5.73 Å². The average molecular weight is 317 g/mol. The maximum absolute atomic E-state index is 11.1. The van der Waals surface area contributed by atoms with Crippen LogP contribution in [0.1, 0.15) is 61.9 Å². The summed E-state index contributed by atoms with van der Waals surface area (Å²) in [5.74, 6) is 0.179. The number of carbonyl (C=O) groups is 1. The Morgan fingerprint density at radius 2 is 1.78 bits per heavy atom. The van der Waals surface area contributed by atoms with Crippen LogP contribution in [0.5, 0.6) is 0 Å². The highest BCUT2D eigenvalue weighted by Crippen LogP contribution is 2.35. The minimum absolute atomic E-state index is 0.207. The van der Waals surface area contributed by atoms with Crippen LogP contribution in [0.25, 0.3) is 0 Å². The molecular formula is C17H27N5O. The number of likely N-dealkylation sites (tertiary alicyclic amines) is 1. The summed E-state index contributed by atoms with van der Waals surface area (Å²) in [6.45, 7) is 3.33. The molecule has 126 valence electrons. The van der Waals surface area contributed by atoms with Crippen molar-refractivity contribution in [2.45, 2.75) is 56.9 Å². The summed E-state index contributed by atoms with van der Waals surface area (Å²) in [6, 6.07) is 3.42. The number of nitrogens with zero attached hydrogens (tertiary/aromatic N) is 3. The second-order valence-electron chi connectivity index (χ2n) is 6.85. The third-order valence-corrected chi connectivity index (χ3v) is 5.33. The number of aromatic nitrogens is 2. The van der Waals surface area contributed by atoms with Crippen molar-refractivity contribution in [3.8, 4) is 0 Å². The lowest BCUT2D eigenvalue weighted by atomic mass is 9.79. The molecule has 0 bridgehead atoms. The minimum atomic E-state index is -0.541. The molecule has 1 saturated carbocycles. The van der Waals surface area contributed by atoms with Gasteiger partial charge in [-0.15, -0.1) is 10.2 Å². The van der Waals surface area contributed by atoms with Crippen LogP contribution in [-0.2, 0) is 0 Å². The summed E-state index contributed by atoms with van der Waals surface area (Å²) in [4.78, 5) is 13.8. The number of nitrogens with one attached hydrogen (secondary N) is 1. The number of hydrogen-bond acceptors (Lipinski definition) is 5. The van der Waals surface area contributed by atoms with Gasteiger partial charge in [-0.3, -0.25) is 9.69 Å². The fourth-order valence-corrected chi connectivity index (χ4v) is 4.00. The Morgan fingerprint density at radius 3 is 2.39 bits per heavy atom. The van der Waals surface area contributed by atoms with Gasteiger partial charge in [-0.05, 0) is 50.9 Å². The molecular weight excluding hydrogens is 290 g/mol. The number of amides is 1. The molecule has 6 heteroatoms. The van der Waals surface area contributed by atoms with Crippen LogP contribution in [0.3, 0.4) is 0 Å². The van der Waals surface area contributed by atoms with E-state index in [9.17, 15) is 4.79 Å². The Balaban J connectivity index is 1.67. The number of piperidine rings is 1. The van der Waals surface area contributed by atoms with E-state index in [0.29, 0.717) is 0 Å². The van der Waals surface area contributed by atoms with E-state index < -0.39 is 5.91 Å². The molecule has 3 rings (SSSR count). The second kappa shape index (κ2) is 7.25. The maximum Gasteiger partial charge on any atom is 0.269 e. The Morgan fingerprint density at radius 1 is 1.09 bits per heavy atom. The molecule has 2 heterocycles. The van der Waals surface area contributed by atoms with E-state index in [1.807, 2.05) is 0 Å². The van der Waals surface area contributed by atoms with Crippen molar-refractivity contribution in [3.63, 3.8) is 0 Å². The molecule has 6 nitrogen and oxygen atoms in total. The summed E-state index contributed by atoms with van der Waals surface area (Å²) >= 11 is 0. The predicted octanol–water partition coefficient (Wildman–Crippen LogP) is 2.18. The molecule has 0 atom stereocenters. The van der Waals surface area contributed by atoms with E-state index in [0.717, 1.165) is 12.4 Å². The first-order valence-electron chi connectivity index (χ1n) is 8.82. The zero-order valence-electron chi connectivity index (χ0n) is 13.8. The van der Waals surface area contributed by atoms with Crippen molar-refractivity contribution in [2.24, 2.45) is 5.73 Å². The Bertz CT molecular complexity index is 518. The lowest BCUT2D eigenvalue weighted by Crippen LogP contribution is -2.56. The summed E-state index contributed by atoms with van der Waals surface area (Å²) < 4.78 is 0. The molecule has 1 aromatic heterocycles. The van der Waals surface area contributed by atoms with Gasteiger partial charge >= 0.3 is 0 Å². The molecule has 0 radical (unpaired) electrons. The van der Waals surface area contributed by atoms with E-state index in [2.05, 4.69) is 20.4 Å². The number of hydrogen-bond donors (Lipinski definition) is 2. The molecule has 1 amide bonds. The van der Waals surface area contributed by atoms with Crippen molar-refractivity contribution in [2.75, 3.05) is 25.0 Å². The van der Waals surface area contributed by atoms with Crippen molar-refractivity contribution in [1.29, 1.82) is 0 Å². The van der Waals surface area contributed by atoms with E-state index in [-0.39, 0.29) is 11.2 Å². The zero-order valence-corrected chi connectivity index (χ0v) is 13.8. The highest BCUT2D eigenvalue weighted by atomic mass is 16.1. The number of carbonyl (C=O) groups excluding carboxylic acids is 1. The first kappa shape index (κ1) is 16.2. The van der Waals surface area contributed by atoms with Crippen LogP contribution in [0.2, 0.25) is 0 Å². The van der Waals surface area contributed by atoms with Crippen LogP contribution in [0.4, 0.5) is 5.82 Å². The summed E-state index contributed by atoms with van der Waals surface area (Å²) in [5, 5.41) is 11.4. The SMILES string of the molecule is NC(=O)c1ccc(NCC2(N3CCCCC3)CCCCC2)nn1. The van der Waals surface area contributed by atoms with E-state index >= 15 is 0 Å². The lowest BCUT2D eigenvalue weighted by molar-refractivity contribution is 0.0437. The fourth-order valence-electron chi connectivity index (χ4n) is 4.00. The molecule has 1 aromatic rings. The number of nitrogens with two attached hydrogens (primary N) is 1. The van der Waals surface area contributed by atoms with Gasteiger partial charge in [0.15, 0.2) is 5.69 Å². The Hall–Kier alpha value is -1.69. The van der Waals surface area contributed by atoms with Gasteiger partial charge < -0.3 is 11.1 Å². The first-order chi connectivity index (χ1) is 11.2. The standard InChI is InChI=1S/C17H27N5O/c18-16(23)14-7-8-15(21-20-14)19-13-17(9-3-1-4-10-17)22-11-5-2-6-12-22/h7-8H,1-6,9-13H2,(H2,18,23)(H,19,21). The molecule has 23 heavy (non-hydrogen) atoms. The smallest absolute Gasteiger partial charge is 0.269 e. The first-order valence-corrected chi connectivity index (χ1v) is 8.82. The summed E-state index contributed by atoms with van der Waals surface area (Å²) in [7, 11) is 0. The number of primary amides is 1. The van der Waals surface area contributed by atoms with Crippen molar-refractivity contribution in [1.82, 2.24) is 15.1 Å². The van der Waals surface area contributed by atoms with Gasteiger partial charge in [-0.1, -0.05) is 25.7 Å². The average Bonchev–Trinajstić information content (AvgIpc) is 2.62. The van der Waals surface area contributed by atoms with Crippen LogP contribution >= 0.6 is 0 Å². The molecule has 1 aliphatic carbocycles. The lowest BCUT2D eigenvalue weighted by Gasteiger charge is -2.48. The summed E-state index contributed by atoms with van der Waals surface area (Å²) in [6.07, 6.45) is 10.5. The molecule has 3 N–H and O–H groups in total. The third kappa shape index (κ3) is 3.80. The Labute approximate surface area is 137 Å². The van der Waals surface area contributed by atoms with Gasteiger partial charge in [0, 0.05) is 12.1 Å². The molecule has 1 aliphatic heterocycles. The van der Waals surface area contributed by atoms with Crippen molar-refractivity contribution >= 4 is 11.7 Å². The highest BCUT2D eigenvalue weighted by Gasteiger charge is 2.38. The normalized spacial score (nSPS) is 21.7. The molecule has 0 spiro atoms. The third-order valence-electron chi connectivity index (χ3n) is 5.33. The van der Waals surface area contributed by atoms with Gasteiger partial charge in [0.1, 0.15) is 5.82 Å². The van der Waals surface area contributed by atoms with Crippen LogP contribution in [0.15, 0.2) is 12.1 Å². The monoisotopic (exact) mass is 317 g/mol. The zero-order chi connectivity index (χ0) is 16.1. The van der Waals surface area contributed by atoms with Gasteiger partial charge in [0.05, 0.1) is 0 Å². The quantitative estimate of drug-likeness (QED) is 0.869. The van der Waals surface area contributed by atoms with Crippen molar-refractivity contribution < 1.29 is 4.79 Å². The van der Waals surface area contributed by atoms with Crippen LogP contribution in [0, 0.1) is 0 Å². The minimum Gasteiger partial charge on any atom is -0.367 e. The van der Waals surface area contributed by atoms with E-state index in [1.165, 1.54) is 64.5 Å². The second-order valence-corrected chi connectivity index (χ2v) is 6.85. The van der Waals surface area contributed by atoms with Crippen LogP contribution in [-0.4, -0.2) is 46.2 Å².